The number of likely N-dealkylation sites (N-methyl/N-ethyl adjacent to an activating group) is 1. The number of nitrogens with one attached hydrogen (secondary N) is 1. The third kappa shape index (κ3) is 3.52. The summed E-state index contributed by atoms with van der Waals surface area (Å²) in [5, 5.41) is 3.39. The maximum Gasteiger partial charge on any atom is 0.141 e. The number of halogens is 2. The van der Waals surface area contributed by atoms with Crippen molar-refractivity contribution in [2.45, 2.75) is 19.4 Å². The van der Waals surface area contributed by atoms with Crippen LogP contribution in [0.3, 0.4) is 0 Å². The Morgan fingerprint density at radius 2 is 2.11 bits per heavy atom. The fourth-order valence-corrected chi connectivity index (χ4v) is 2.21. The molecule has 0 aliphatic rings. The SMILES string of the molecule is CNC(Cc1ccc(F)c(Cl)c1)c1cc(C)ccn1. The molecule has 2 rings (SSSR count). The average Bonchev–Trinajstić information content (AvgIpc) is 2.40. The second-order valence-corrected chi connectivity index (χ2v) is 4.96. The second kappa shape index (κ2) is 6.13. The van der Waals surface area contributed by atoms with Crippen molar-refractivity contribution in [2.24, 2.45) is 0 Å². The molecule has 0 saturated carbocycles. The third-order valence-electron chi connectivity index (χ3n) is 3.07. The minimum absolute atomic E-state index is 0.0847. The van der Waals surface area contributed by atoms with E-state index in [2.05, 4.69) is 10.3 Å². The Morgan fingerprint density at radius 1 is 1.32 bits per heavy atom. The molecule has 1 N–H and O–H groups in total. The summed E-state index contributed by atoms with van der Waals surface area (Å²) < 4.78 is 13.1. The summed E-state index contributed by atoms with van der Waals surface area (Å²) in [6.07, 6.45) is 2.51. The average molecular weight is 279 g/mol. The van der Waals surface area contributed by atoms with E-state index in [-0.39, 0.29) is 16.9 Å². The van der Waals surface area contributed by atoms with Gasteiger partial charge in [0.05, 0.1) is 16.8 Å². The minimum atomic E-state index is -0.389. The van der Waals surface area contributed by atoms with Gasteiger partial charge in [-0.3, -0.25) is 4.98 Å². The van der Waals surface area contributed by atoms with Crippen molar-refractivity contribution in [2.75, 3.05) is 7.05 Å². The molecule has 2 aromatic rings. The molecule has 0 amide bonds. The molecular weight excluding hydrogens is 263 g/mol. The van der Waals surface area contributed by atoms with Crippen LogP contribution in [0.15, 0.2) is 36.5 Å². The van der Waals surface area contributed by atoms with Crippen molar-refractivity contribution in [3.05, 3.63) is 64.2 Å². The van der Waals surface area contributed by atoms with Crippen LogP contribution in [0.2, 0.25) is 5.02 Å². The summed E-state index contributed by atoms with van der Waals surface area (Å²) in [5.74, 6) is -0.389. The Balaban J connectivity index is 2.21. The first-order valence-corrected chi connectivity index (χ1v) is 6.51. The topological polar surface area (TPSA) is 24.9 Å². The number of hydrogen-bond acceptors (Lipinski definition) is 2. The van der Waals surface area contributed by atoms with E-state index in [0.717, 1.165) is 11.3 Å². The third-order valence-corrected chi connectivity index (χ3v) is 3.36. The highest BCUT2D eigenvalue weighted by atomic mass is 35.5. The van der Waals surface area contributed by atoms with E-state index in [9.17, 15) is 4.39 Å². The molecule has 1 unspecified atom stereocenters. The van der Waals surface area contributed by atoms with Gasteiger partial charge in [-0.25, -0.2) is 4.39 Å². The van der Waals surface area contributed by atoms with Gasteiger partial charge in [0, 0.05) is 6.20 Å². The Bertz CT molecular complexity index is 572. The van der Waals surface area contributed by atoms with Crippen LogP contribution in [0.1, 0.15) is 22.9 Å². The molecule has 0 saturated heterocycles. The van der Waals surface area contributed by atoms with Crippen LogP contribution < -0.4 is 5.32 Å². The zero-order valence-electron chi connectivity index (χ0n) is 11.0. The molecule has 1 aromatic carbocycles. The molecule has 0 fully saturated rings. The van der Waals surface area contributed by atoms with Crippen molar-refractivity contribution >= 4 is 11.6 Å². The number of nitrogens with zero attached hydrogens (tertiary/aromatic N) is 1. The lowest BCUT2D eigenvalue weighted by molar-refractivity contribution is 0.573. The van der Waals surface area contributed by atoms with Gasteiger partial charge in [-0.15, -0.1) is 0 Å². The fraction of sp³-hybridized carbons (Fsp3) is 0.267. The molecule has 19 heavy (non-hydrogen) atoms. The van der Waals surface area contributed by atoms with E-state index in [0.29, 0.717) is 6.42 Å². The Morgan fingerprint density at radius 3 is 2.74 bits per heavy atom. The lowest BCUT2D eigenvalue weighted by atomic mass is 10.0. The molecule has 4 heteroatoms. The van der Waals surface area contributed by atoms with Crippen molar-refractivity contribution in [3.8, 4) is 0 Å². The van der Waals surface area contributed by atoms with Gasteiger partial charge >= 0.3 is 0 Å². The Hall–Kier alpha value is -1.45. The Kier molecular flexibility index (Phi) is 4.51. The Labute approximate surface area is 117 Å². The van der Waals surface area contributed by atoms with Gasteiger partial charge in [0.1, 0.15) is 5.82 Å². The minimum Gasteiger partial charge on any atom is -0.311 e. The molecule has 2 nitrogen and oxygen atoms in total. The normalized spacial score (nSPS) is 12.4. The standard InChI is InChI=1S/C15H16ClFN2/c1-10-5-6-19-15(7-10)14(18-2)9-11-3-4-13(17)12(16)8-11/h3-8,14,18H,9H2,1-2H3. The monoisotopic (exact) mass is 278 g/mol. The zero-order chi connectivity index (χ0) is 13.8. The van der Waals surface area contributed by atoms with Crippen LogP contribution in [-0.4, -0.2) is 12.0 Å². The van der Waals surface area contributed by atoms with Gasteiger partial charge < -0.3 is 5.32 Å². The number of rotatable bonds is 4. The van der Waals surface area contributed by atoms with E-state index in [4.69, 9.17) is 11.6 Å². The van der Waals surface area contributed by atoms with Crippen molar-refractivity contribution in [1.82, 2.24) is 10.3 Å². The first kappa shape index (κ1) is 14.0. The van der Waals surface area contributed by atoms with Gasteiger partial charge in [0.25, 0.3) is 0 Å². The summed E-state index contributed by atoms with van der Waals surface area (Å²) in [4.78, 5) is 4.38. The van der Waals surface area contributed by atoms with Gasteiger partial charge in [0.2, 0.25) is 0 Å². The van der Waals surface area contributed by atoms with E-state index in [1.54, 1.807) is 18.3 Å². The van der Waals surface area contributed by atoms with Gasteiger partial charge in [-0.2, -0.15) is 0 Å². The molecule has 1 atom stereocenters. The van der Waals surface area contributed by atoms with E-state index in [1.165, 1.54) is 11.6 Å². The first-order chi connectivity index (χ1) is 9.10. The molecule has 0 spiro atoms. The highest BCUT2D eigenvalue weighted by Gasteiger charge is 2.12. The van der Waals surface area contributed by atoms with Crippen LogP contribution in [-0.2, 0) is 6.42 Å². The highest BCUT2D eigenvalue weighted by molar-refractivity contribution is 6.30. The van der Waals surface area contributed by atoms with E-state index in [1.807, 2.05) is 26.1 Å². The molecule has 0 aliphatic carbocycles. The predicted octanol–water partition coefficient (Wildman–Crippen LogP) is 3.69. The largest absolute Gasteiger partial charge is 0.311 e. The molecule has 1 heterocycles. The summed E-state index contributed by atoms with van der Waals surface area (Å²) in [6.45, 7) is 2.03. The van der Waals surface area contributed by atoms with E-state index < -0.39 is 0 Å². The smallest absolute Gasteiger partial charge is 0.141 e. The van der Waals surface area contributed by atoms with Crippen molar-refractivity contribution < 1.29 is 4.39 Å². The van der Waals surface area contributed by atoms with Crippen molar-refractivity contribution in [1.29, 1.82) is 0 Å². The summed E-state index contributed by atoms with van der Waals surface area (Å²) in [7, 11) is 1.89. The van der Waals surface area contributed by atoms with Gasteiger partial charge in [0.15, 0.2) is 0 Å². The molecule has 100 valence electrons. The van der Waals surface area contributed by atoms with Crippen molar-refractivity contribution in [3.63, 3.8) is 0 Å². The second-order valence-electron chi connectivity index (χ2n) is 4.55. The maximum atomic E-state index is 13.1. The number of hydrogen-bond donors (Lipinski definition) is 1. The lowest BCUT2D eigenvalue weighted by Crippen LogP contribution is -2.20. The van der Waals surface area contributed by atoms with Crippen LogP contribution in [0.25, 0.3) is 0 Å². The first-order valence-electron chi connectivity index (χ1n) is 6.14. The van der Waals surface area contributed by atoms with Crippen LogP contribution in [0, 0.1) is 12.7 Å². The van der Waals surface area contributed by atoms with Gasteiger partial charge in [-0.1, -0.05) is 17.7 Å². The van der Waals surface area contributed by atoms with Crippen LogP contribution in [0.4, 0.5) is 4.39 Å². The van der Waals surface area contributed by atoms with Crippen LogP contribution in [0.5, 0.6) is 0 Å². The predicted molar refractivity (Wildman–Crippen MR) is 75.9 cm³/mol. The maximum absolute atomic E-state index is 13.1. The number of benzene rings is 1. The molecule has 0 bridgehead atoms. The number of pyridine rings is 1. The molecular formula is C15H16ClFN2. The number of aryl methyl sites for hydroxylation is 1. The molecule has 0 radical (unpaired) electrons. The van der Waals surface area contributed by atoms with Crippen LogP contribution >= 0.6 is 11.6 Å². The van der Waals surface area contributed by atoms with Gasteiger partial charge in [-0.05, 0) is 55.8 Å². The van der Waals surface area contributed by atoms with E-state index >= 15 is 0 Å². The lowest BCUT2D eigenvalue weighted by Gasteiger charge is -2.16. The quantitative estimate of drug-likeness (QED) is 0.923. The molecule has 1 aromatic heterocycles. The summed E-state index contributed by atoms with van der Waals surface area (Å²) in [6, 6.07) is 8.91. The fourth-order valence-electron chi connectivity index (χ4n) is 2.01. The summed E-state index contributed by atoms with van der Waals surface area (Å²) >= 11 is 5.80. The zero-order valence-corrected chi connectivity index (χ0v) is 11.7. The highest BCUT2D eigenvalue weighted by Crippen LogP contribution is 2.21. The number of aromatic nitrogens is 1. The molecule has 0 aliphatic heterocycles. The summed E-state index contributed by atoms with van der Waals surface area (Å²) in [5.41, 5.74) is 3.12.